The summed E-state index contributed by atoms with van der Waals surface area (Å²) in [5.41, 5.74) is 2.00. The van der Waals surface area contributed by atoms with Gasteiger partial charge in [0, 0.05) is 17.4 Å². The van der Waals surface area contributed by atoms with Crippen LogP contribution in [-0.2, 0) is 4.84 Å². The van der Waals surface area contributed by atoms with Crippen molar-refractivity contribution in [3.63, 3.8) is 0 Å². The Bertz CT molecular complexity index is 585. The van der Waals surface area contributed by atoms with Crippen molar-refractivity contribution in [1.82, 2.24) is 0 Å². The van der Waals surface area contributed by atoms with Crippen molar-refractivity contribution in [2.75, 3.05) is 14.2 Å². The standard InChI is InChI=1S/C14H13NOS.3C2H6.CH5NO.H2O.H2/c1-16-12-8-4-2-6-10(12)14(15)11-7-3-5-9-13(11)17;3*1-2;1-3-2;;/h2-9,15,17H,1H3;3*1-2H3;2H2,1H3;1H2;1H. The number of thiol groups is 1. The predicted molar refractivity (Wildman–Crippen MR) is 124 cm³/mol. The Labute approximate surface area is 172 Å². The van der Waals surface area contributed by atoms with Gasteiger partial charge in [0.2, 0.25) is 0 Å². The second-order valence-corrected chi connectivity index (χ2v) is 4.31. The molecular weight excluding hydrogens is 360 g/mol. The number of hydrogen-bond donors (Lipinski definition) is 3. The van der Waals surface area contributed by atoms with Crippen LogP contribution in [0.5, 0.6) is 5.75 Å². The van der Waals surface area contributed by atoms with Gasteiger partial charge in [-0.05, 0) is 18.2 Å². The van der Waals surface area contributed by atoms with Crippen molar-refractivity contribution < 1.29 is 16.5 Å². The quantitative estimate of drug-likeness (QED) is 0.365. The molecule has 0 aliphatic heterocycles. The fraction of sp³-hybridized carbons (Fsp3) is 0.381. The van der Waals surface area contributed by atoms with Gasteiger partial charge in [-0.3, -0.25) is 5.41 Å². The summed E-state index contributed by atoms with van der Waals surface area (Å²) in [6.45, 7) is 12.0. The molecule has 0 radical (unpaired) electrons. The molecule has 0 bridgehead atoms. The Balaban J connectivity index is -0.000000140. The smallest absolute Gasteiger partial charge is 0.128 e. The first-order valence-electron chi connectivity index (χ1n) is 8.88. The Morgan fingerprint density at radius 3 is 1.63 bits per heavy atom. The van der Waals surface area contributed by atoms with Crippen LogP contribution in [0.2, 0.25) is 0 Å². The molecule has 0 unspecified atom stereocenters. The molecule has 2 aromatic carbocycles. The lowest BCUT2D eigenvalue weighted by Gasteiger charge is -2.10. The van der Waals surface area contributed by atoms with Crippen LogP contribution >= 0.6 is 12.6 Å². The van der Waals surface area contributed by atoms with Crippen LogP contribution in [0.15, 0.2) is 53.4 Å². The summed E-state index contributed by atoms with van der Waals surface area (Å²) in [7, 11) is 3.01. The molecule has 2 aromatic rings. The Kier molecular flexibility index (Phi) is 29.3. The maximum absolute atomic E-state index is 8.23. The molecule has 0 heterocycles. The molecule has 0 fully saturated rings. The Morgan fingerprint density at radius 2 is 1.22 bits per heavy atom. The lowest BCUT2D eigenvalue weighted by molar-refractivity contribution is 0.206. The molecule has 27 heavy (non-hydrogen) atoms. The number of rotatable bonds is 3. The highest BCUT2D eigenvalue weighted by Gasteiger charge is 2.11. The highest BCUT2D eigenvalue weighted by atomic mass is 32.1. The van der Waals surface area contributed by atoms with Gasteiger partial charge in [0.15, 0.2) is 0 Å². The van der Waals surface area contributed by atoms with E-state index in [0.29, 0.717) is 11.5 Å². The van der Waals surface area contributed by atoms with E-state index >= 15 is 0 Å². The van der Waals surface area contributed by atoms with Crippen LogP contribution in [0.1, 0.15) is 54.1 Å². The minimum absolute atomic E-state index is 0. The minimum atomic E-state index is 0. The fourth-order valence-corrected chi connectivity index (χ4v) is 1.95. The van der Waals surface area contributed by atoms with Gasteiger partial charge in [-0.1, -0.05) is 71.9 Å². The molecule has 0 aromatic heterocycles. The third-order valence-corrected chi connectivity index (χ3v) is 2.94. The highest BCUT2D eigenvalue weighted by Crippen LogP contribution is 2.23. The maximum atomic E-state index is 8.23. The summed E-state index contributed by atoms with van der Waals surface area (Å²) in [6.07, 6.45) is 0. The average Bonchev–Trinajstić information content (AvgIpc) is 2.73. The maximum Gasteiger partial charge on any atom is 0.128 e. The monoisotopic (exact) mass is 400 g/mol. The summed E-state index contributed by atoms with van der Waals surface area (Å²) < 4.78 is 5.26. The summed E-state index contributed by atoms with van der Waals surface area (Å²) in [5.74, 6) is 5.05. The first-order chi connectivity index (χ1) is 12.7. The van der Waals surface area contributed by atoms with E-state index in [-0.39, 0.29) is 6.90 Å². The van der Waals surface area contributed by atoms with Gasteiger partial charge in [-0.25, -0.2) is 5.90 Å². The van der Waals surface area contributed by atoms with Gasteiger partial charge in [0.25, 0.3) is 0 Å². The molecule has 0 spiro atoms. The van der Waals surface area contributed by atoms with Gasteiger partial charge in [0.05, 0.1) is 19.9 Å². The summed E-state index contributed by atoms with van der Waals surface area (Å²) in [6, 6.07) is 15.1. The van der Waals surface area contributed by atoms with Crippen LogP contribution in [0, 0.1) is 5.41 Å². The van der Waals surface area contributed by atoms with Crippen molar-refractivity contribution in [3.8, 4) is 5.75 Å². The van der Waals surface area contributed by atoms with Crippen molar-refractivity contribution in [2.45, 2.75) is 46.4 Å². The van der Waals surface area contributed by atoms with Gasteiger partial charge >= 0.3 is 0 Å². The molecule has 0 atom stereocenters. The van der Waals surface area contributed by atoms with Crippen LogP contribution in [0.25, 0.3) is 0 Å². The number of ether oxygens (including phenoxy) is 1. The van der Waals surface area contributed by atoms with E-state index in [0.717, 1.165) is 16.0 Å². The second kappa shape index (κ2) is 24.1. The zero-order valence-corrected chi connectivity index (χ0v) is 18.9. The van der Waals surface area contributed by atoms with Gasteiger partial charge in [-0.15, -0.1) is 12.6 Å². The van der Waals surface area contributed by atoms with E-state index in [1.54, 1.807) is 7.11 Å². The van der Waals surface area contributed by atoms with Gasteiger partial charge in [-0.2, -0.15) is 0 Å². The highest BCUT2D eigenvalue weighted by molar-refractivity contribution is 7.80. The van der Waals surface area contributed by atoms with Crippen LogP contribution in [0.3, 0.4) is 0 Å². The van der Waals surface area contributed by atoms with E-state index in [1.807, 2.05) is 90.1 Å². The van der Waals surface area contributed by atoms with E-state index in [4.69, 9.17) is 10.1 Å². The SMILES string of the molecule is CC.CC.CC.CON.COc1ccccc1C(=N)c1ccccc1S.O.[HH]. The van der Waals surface area contributed by atoms with Crippen molar-refractivity contribution in [1.29, 1.82) is 5.41 Å². The molecule has 0 saturated carbocycles. The first-order valence-corrected chi connectivity index (χ1v) is 9.33. The summed E-state index contributed by atoms with van der Waals surface area (Å²) in [5, 5.41) is 8.23. The molecule has 0 amide bonds. The van der Waals surface area contributed by atoms with Crippen LogP contribution < -0.4 is 10.6 Å². The molecule has 0 aliphatic rings. The summed E-state index contributed by atoms with van der Waals surface area (Å²) in [4.78, 5) is 4.54. The van der Waals surface area contributed by atoms with Crippen molar-refractivity contribution >= 4 is 18.3 Å². The van der Waals surface area contributed by atoms with Crippen LogP contribution in [-0.4, -0.2) is 25.4 Å². The average molecular weight is 401 g/mol. The molecule has 5 N–H and O–H groups in total. The lowest BCUT2D eigenvalue weighted by atomic mass is 10.0. The molecule has 158 valence electrons. The van der Waals surface area contributed by atoms with Crippen molar-refractivity contribution in [3.05, 3.63) is 59.7 Å². The lowest BCUT2D eigenvalue weighted by Crippen LogP contribution is -2.04. The second-order valence-electron chi connectivity index (χ2n) is 3.83. The number of benzene rings is 2. The topological polar surface area (TPSA) is 99.8 Å². The number of nitrogens with two attached hydrogens (primary N) is 1. The number of hydrogen-bond acceptors (Lipinski definition) is 5. The summed E-state index contributed by atoms with van der Waals surface area (Å²) >= 11 is 4.37. The number of methoxy groups -OCH3 is 1. The third-order valence-electron chi connectivity index (χ3n) is 2.55. The molecule has 5 nitrogen and oxygen atoms in total. The van der Waals surface area contributed by atoms with E-state index in [9.17, 15) is 0 Å². The van der Waals surface area contributed by atoms with Gasteiger partial charge < -0.3 is 15.1 Å². The van der Waals surface area contributed by atoms with Crippen molar-refractivity contribution in [2.24, 2.45) is 5.90 Å². The zero-order valence-electron chi connectivity index (χ0n) is 18.0. The van der Waals surface area contributed by atoms with Crippen LogP contribution in [0.4, 0.5) is 0 Å². The Hall–Kier alpha value is -1.86. The fourth-order valence-electron chi connectivity index (χ4n) is 1.68. The molecule has 0 saturated heterocycles. The minimum Gasteiger partial charge on any atom is -0.496 e. The molecule has 0 aliphatic carbocycles. The Morgan fingerprint density at radius 1 is 0.852 bits per heavy atom. The normalized spacial score (nSPS) is 7.63. The zero-order chi connectivity index (χ0) is 21.0. The molecule has 6 heteroatoms. The van der Waals surface area contributed by atoms with Gasteiger partial charge in [0.1, 0.15) is 5.75 Å². The van der Waals surface area contributed by atoms with E-state index in [1.165, 1.54) is 7.11 Å². The molecule has 2 rings (SSSR count). The predicted octanol–water partition coefficient (Wildman–Crippen LogP) is 5.41. The number of nitrogens with one attached hydrogen (secondary N) is 1. The largest absolute Gasteiger partial charge is 0.496 e. The van der Waals surface area contributed by atoms with E-state index in [2.05, 4.69) is 23.4 Å². The molecular formula is C21H40N2O3S. The first kappa shape index (κ1) is 32.8. The third kappa shape index (κ3) is 13.0. The van der Waals surface area contributed by atoms with E-state index < -0.39 is 0 Å². The number of para-hydroxylation sites is 1.